The average Bonchev–Trinajstić information content (AvgIpc) is 2.43. The minimum absolute atomic E-state index is 0.156. The second-order valence-corrected chi connectivity index (χ2v) is 6.00. The first kappa shape index (κ1) is 13.5. The first-order valence-electron chi connectivity index (χ1n) is 5.60. The molecule has 20 heavy (non-hydrogen) atoms. The number of aromatic nitrogens is 3. The van der Waals surface area contributed by atoms with E-state index in [1.54, 1.807) is 22.6 Å². The molecule has 0 aliphatic carbocycles. The molecule has 3 rings (SSSR count). The Bertz CT molecular complexity index is 879. The minimum atomic E-state index is -0.394. The molecule has 0 fully saturated rings. The van der Waals surface area contributed by atoms with Crippen molar-refractivity contribution in [3.05, 3.63) is 48.7 Å². The third kappa shape index (κ3) is 2.31. The predicted octanol–water partition coefficient (Wildman–Crippen LogP) is 3.06. The molecule has 0 aliphatic rings. The van der Waals surface area contributed by atoms with Crippen LogP contribution in [0.2, 0.25) is 0 Å². The van der Waals surface area contributed by atoms with E-state index in [0.717, 1.165) is 10.9 Å². The Morgan fingerprint density at radius 3 is 2.75 bits per heavy atom. The number of H-pyrrole nitrogens is 1. The molecule has 2 N–H and O–H groups in total. The fourth-order valence-electron chi connectivity index (χ4n) is 1.82. The Kier molecular flexibility index (Phi) is 3.47. The average molecular weight is 444 g/mol. The van der Waals surface area contributed by atoms with Gasteiger partial charge in [0.1, 0.15) is 9.26 Å². The standard InChI is InChI=1S/C13H7BrIN3O2/c14-7-5-6-3-1-2-4-8(6)16-10(7)11-17-12(19)9(15)13(20)18-11/h1-5H,(H2,17,18,19,20). The van der Waals surface area contributed by atoms with Gasteiger partial charge < -0.3 is 10.1 Å². The second-order valence-electron chi connectivity index (χ2n) is 4.06. The molecule has 1 aromatic carbocycles. The molecule has 0 radical (unpaired) electrons. The molecule has 0 bridgehead atoms. The topological polar surface area (TPSA) is 78.9 Å². The number of hydrogen-bond donors (Lipinski definition) is 2. The molecule has 0 spiro atoms. The van der Waals surface area contributed by atoms with E-state index in [0.29, 0.717) is 10.2 Å². The molecule has 2 heterocycles. The molecule has 0 saturated heterocycles. The first-order chi connectivity index (χ1) is 9.56. The molecule has 2 aromatic heterocycles. The van der Waals surface area contributed by atoms with E-state index in [-0.39, 0.29) is 15.3 Å². The van der Waals surface area contributed by atoms with Crippen LogP contribution >= 0.6 is 38.5 Å². The molecule has 0 aliphatic heterocycles. The maximum Gasteiger partial charge on any atom is 0.268 e. The van der Waals surface area contributed by atoms with Gasteiger partial charge in [0.2, 0.25) is 5.88 Å². The molecule has 0 saturated carbocycles. The van der Waals surface area contributed by atoms with Crippen molar-refractivity contribution in [2.45, 2.75) is 0 Å². The second kappa shape index (κ2) is 5.13. The SMILES string of the molecule is O=c1[nH]c(-c2nc3ccccc3cc2Br)nc(O)c1I. The van der Waals surface area contributed by atoms with Gasteiger partial charge in [0.25, 0.3) is 5.56 Å². The Morgan fingerprint density at radius 1 is 1.25 bits per heavy atom. The van der Waals surface area contributed by atoms with Gasteiger partial charge in [0, 0.05) is 9.86 Å². The van der Waals surface area contributed by atoms with Crippen LogP contribution in [0.5, 0.6) is 5.88 Å². The van der Waals surface area contributed by atoms with Crippen LogP contribution in [0, 0.1) is 3.57 Å². The van der Waals surface area contributed by atoms with Gasteiger partial charge in [0.05, 0.1) is 5.52 Å². The van der Waals surface area contributed by atoms with Crippen LogP contribution in [-0.4, -0.2) is 20.1 Å². The lowest BCUT2D eigenvalue weighted by Crippen LogP contribution is -2.13. The monoisotopic (exact) mass is 443 g/mol. The van der Waals surface area contributed by atoms with Crippen molar-refractivity contribution in [3.8, 4) is 17.4 Å². The van der Waals surface area contributed by atoms with Gasteiger partial charge in [0.15, 0.2) is 5.82 Å². The fourth-order valence-corrected chi connectivity index (χ4v) is 2.59. The van der Waals surface area contributed by atoms with Crippen molar-refractivity contribution in [2.24, 2.45) is 0 Å². The first-order valence-corrected chi connectivity index (χ1v) is 7.48. The van der Waals surface area contributed by atoms with Crippen molar-refractivity contribution >= 4 is 49.4 Å². The van der Waals surface area contributed by atoms with Gasteiger partial charge in [-0.15, -0.1) is 0 Å². The molecule has 0 unspecified atom stereocenters. The van der Waals surface area contributed by atoms with Crippen LogP contribution in [-0.2, 0) is 0 Å². The summed E-state index contributed by atoms with van der Waals surface area (Å²) in [6, 6.07) is 9.52. The van der Waals surface area contributed by atoms with E-state index in [4.69, 9.17) is 0 Å². The van der Waals surface area contributed by atoms with Crippen LogP contribution in [0.3, 0.4) is 0 Å². The van der Waals surface area contributed by atoms with Crippen molar-refractivity contribution in [1.82, 2.24) is 15.0 Å². The number of hydrogen-bond acceptors (Lipinski definition) is 4. The third-order valence-electron chi connectivity index (χ3n) is 2.75. The van der Waals surface area contributed by atoms with Gasteiger partial charge in [-0.05, 0) is 50.7 Å². The van der Waals surface area contributed by atoms with Crippen LogP contribution in [0.4, 0.5) is 0 Å². The Morgan fingerprint density at radius 2 is 2.00 bits per heavy atom. The number of benzene rings is 1. The zero-order valence-corrected chi connectivity index (χ0v) is 13.6. The summed E-state index contributed by atoms with van der Waals surface area (Å²) in [7, 11) is 0. The van der Waals surface area contributed by atoms with Crippen molar-refractivity contribution < 1.29 is 5.11 Å². The largest absolute Gasteiger partial charge is 0.492 e. The molecule has 0 amide bonds. The summed E-state index contributed by atoms with van der Waals surface area (Å²) in [6.45, 7) is 0. The predicted molar refractivity (Wildman–Crippen MR) is 87.7 cm³/mol. The zero-order chi connectivity index (χ0) is 14.3. The highest BCUT2D eigenvalue weighted by Crippen LogP contribution is 2.28. The molecule has 7 heteroatoms. The quantitative estimate of drug-likeness (QED) is 0.566. The highest BCUT2D eigenvalue weighted by Gasteiger charge is 2.13. The van der Waals surface area contributed by atoms with Gasteiger partial charge in [-0.2, -0.15) is 4.98 Å². The van der Waals surface area contributed by atoms with Crippen LogP contribution in [0.1, 0.15) is 0 Å². The lowest BCUT2D eigenvalue weighted by atomic mass is 10.2. The van der Waals surface area contributed by atoms with Crippen LogP contribution < -0.4 is 5.56 Å². The summed E-state index contributed by atoms with van der Waals surface area (Å²) in [6.07, 6.45) is 0. The molecular formula is C13H7BrIN3O2. The number of nitrogens with one attached hydrogen (secondary N) is 1. The third-order valence-corrected chi connectivity index (χ3v) is 4.32. The summed E-state index contributed by atoms with van der Waals surface area (Å²) in [5, 5.41) is 10.6. The lowest BCUT2D eigenvalue weighted by molar-refractivity contribution is 0.447. The van der Waals surface area contributed by atoms with E-state index in [2.05, 4.69) is 30.9 Å². The summed E-state index contributed by atoms with van der Waals surface area (Å²) in [5.41, 5.74) is 0.869. The van der Waals surface area contributed by atoms with Gasteiger partial charge in [-0.1, -0.05) is 18.2 Å². The highest BCUT2D eigenvalue weighted by atomic mass is 127. The summed E-state index contributed by atoms with van der Waals surface area (Å²) >= 11 is 5.15. The lowest BCUT2D eigenvalue weighted by Gasteiger charge is -2.06. The number of aromatic amines is 1. The molecular weight excluding hydrogens is 437 g/mol. The molecule has 0 atom stereocenters. The van der Waals surface area contributed by atoms with E-state index in [9.17, 15) is 9.90 Å². The number of pyridine rings is 1. The number of para-hydroxylation sites is 1. The van der Waals surface area contributed by atoms with E-state index >= 15 is 0 Å². The Balaban J connectivity index is 2.29. The smallest absolute Gasteiger partial charge is 0.268 e. The summed E-state index contributed by atoms with van der Waals surface area (Å²) in [5.74, 6) is -0.0725. The molecule has 5 nitrogen and oxygen atoms in total. The maximum atomic E-state index is 11.7. The van der Waals surface area contributed by atoms with Crippen LogP contribution in [0.15, 0.2) is 39.6 Å². The zero-order valence-electron chi connectivity index (χ0n) is 9.89. The highest BCUT2D eigenvalue weighted by molar-refractivity contribution is 14.1. The van der Waals surface area contributed by atoms with Gasteiger partial charge >= 0.3 is 0 Å². The van der Waals surface area contributed by atoms with Crippen LogP contribution in [0.25, 0.3) is 22.4 Å². The number of nitrogens with zero attached hydrogens (tertiary/aromatic N) is 2. The molecule has 100 valence electrons. The summed E-state index contributed by atoms with van der Waals surface area (Å²) in [4.78, 5) is 22.7. The van der Waals surface area contributed by atoms with E-state index in [1.165, 1.54) is 0 Å². The number of aromatic hydroxyl groups is 1. The summed E-state index contributed by atoms with van der Waals surface area (Å²) < 4.78 is 0.850. The van der Waals surface area contributed by atoms with Crippen molar-refractivity contribution in [2.75, 3.05) is 0 Å². The normalized spacial score (nSPS) is 10.9. The fraction of sp³-hybridized carbons (Fsp3) is 0. The Labute approximate surface area is 135 Å². The Hall–Kier alpha value is -1.48. The van der Waals surface area contributed by atoms with E-state index < -0.39 is 5.56 Å². The molecule has 3 aromatic rings. The van der Waals surface area contributed by atoms with E-state index in [1.807, 2.05) is 30.3 Å². The van der Waals surface area contributed by atoms with Crippen molar-refractivity contribution in [1.29, 1.82) is 0 Å². The number of rotatable bonds is 1. The minimum Gasteiger partial charge on any atom is -0.492 e. The number of halogens is 2. The maximum absolute atomic E-state index is 11.7. The van der Waals surface area contributed by atoms with Crippen molar-refractivity contribution in [3.63, 3.8) is 0 Å². The van der Waals surface area contributed by atoms with Gasteiger partial charge in [-0.25, -0.2) is 4.98 Å². The number of fused-ring (bicyclic) bond motifs is 1. The van der Waals surface area contributed by atoms with Gasteiger partial charge in [-0.3, -0.25) is 4.79 Å².